The van der Waals surface area contributed by atoms with Gasteiger partial charge < -0.3 is 10.2 Å². The summed E-state index contributed by atoms with van der Waals surface area (Å²) in [4.78, 5) is 0.235. The molecule has 5 nitrogen and oxygen atoms in total. The molecule has 1 atom stereocenters. The fraction of sp³-hybridized carbons (Fsp3) is 0.158. The first-order valence-corrected chi connectivity index (χ1v) is 9.32. The Morgan fingerprint density at radius 2 is 1.76 bits per heavy atom. The molecule has 3 rings (SSSR count). The highest BCUT2D eigenvalue weighted by Crippen LogP contribution is 2.35. The van der Waals surface area contributed by atoms with Gasteiger partial charge in [0.2, 0.25) is 0 Å². The third kappa shape index (κ3) is 3.31. The highest BCUT2D eigenvalue weighted by molar-refractivity contribution is 7.92. The first-order valence-electron chi connectivity index (χ1n) is 7.88. The second-order valence-electron chi connectivity index (χ2n) is 5.83. The fourth-order valence-corrected chi connectivity index (χ4v) is 3.86. The Labute approximate surface area is 147 Å². The van der Waals surface area contributed by atoms with Crippen molar-refractivity contribution >= 4 is 15.7 Å². The first kappa shape index (κ1) is 17.3. The third-order valence-electron chi connectivity index (χ3n) is 4.07. The van der Waals surface area contributed by atoms with Crippen LogP contribution in [0, 0.1) is 0 Å². The highest BCUT2D eigenvalue weighted by atomic mass is 32.2. The standard InChI is InChI=1S/C19H20N2O3S/c1-14(20)15-10-11-18(17(13-15)19-9-6-12-24-19)21(2)25(22,23)16-7-4-3-5-8-16/h3-14H,20H2,1-2H3. The van der Waals surface area contributed by atoms with E-state index in [1.807, 2.05) is 19.1 Å². The van der Waals surface area contributed by atoms with Gasteiger partial charge >= 0.3 is 0 Å². The van der Waals surface area contributed by atoms with Crippen molar-refractivity contribution in [2.75, 3.05) is 11.4 Å². The minimum atomic E-state index is -3.68. The molecule has 2 N–H and O–H groups in total. The number of furan rings is 1. The Kier molecular flexibility index (Phi) is 4.65. The summed E-state index contributed by atoms with van der Waals surface area (Å²) in [7, 11) is -2.14. The van der Waals surface area contributed by atoms with Crippen LogP contribution in [0.1, 0.15) is 18.5 Å². The van der Waals surface area contributed by atoms with Crippen molar-refractivity contribution in [1.82, 2.24) is 0 Å². The third-order valence-corrected chi connectivity index (χ3v) is 5.86. The van der Waals surface area contributed by atoms with Crippen molar-refractivity contribution in [1.29, 1.82) is 0 Å². The quantitative estimate of drug-likeness (QED) is 0.754. The summed E-state index contributed by atoms with van der Waals surface area (Å²) in [6.07, 6.45) is 1.56. The number of hydrogen-bond acceptors (Lipinski definition) is 4. The molecule has 6 heteroatoms. The van der Waals surface area contributed by atoms with E-state index in [1.54, 1.807) is 54.8 Å². The van der Waals surface area contributed by atoms with Crippen LogP contribution >= 0.6 is 0 Å². The average Bonchev–Trinajstić information content (AvgIpc) is 3.15. The van der Waals surface area contributed by atoms with E-state index in [2.05, 4.69) is 0 Å². The zero-order valence-electron chi connectivity index (χ0n) is 14.1. The van der Waals surface area contributed by atoms with Gasteiger partial charge in [-0.05, 0) is 48.9 Å². The second-order valence-corrected chi connectivity index (χ2v) is 7.80. The number of nitrogens with zero attached hydrogens (tertiary/aromatic N) is 1. The van der Waals surface area contributed by atoms with Crippen LogP contribution < -0.4 is 10.0 Å². The average molecular weight is 356 g/mol. The summed E-state index contributed by atoms with van der Waals surface area (Å²) in [5.74, 6) is 0.590. The topological polar surface area (TPSA) is 76.5 Å². The van der Waals surface area contributed by atoms with Gasteiger partial charge in [0.1, 0.15) is 5.76 Å². The smallest absolute Gasteiger partial charge is 0.264 e. The fourth-order valence-electron chi connectivity index (χ4n) is 2.62. The number of hydrogen-bond donors (Lipinski definition) is 1. The zero-order valence-corrected chi connectivity index (χ0v) is 14.9. The Bertz CT molecular complexity index is 950. The number of rotatable bonds is 5. The molecule has 25 heavy (non-hydrogen) atoms. The van der Waals surface area contributed by atoms with Crippen LogP contribution in [0.3, 0.4) is 0 Å². The van der Waals surface area contributed by atoms with Crippen LogP contribution in [-0.4, -0.2) is 15.5 Å². The highest BCUT2D eigenvalue weighted by Gasteiger charge is 2.24. The lowest BCUT2D eigenvalue weighted by Crippen LogP contribution is -2.27. The largest absolute Gasteiger partial charge is 0.464 e. The molecule has 2 aromatic carbocycles. The Morgan fingerprint density at radius 1 is 1.04 bits per heavy atom. The summed E-state index contributed by atoms with van der Waals surface area (Å²) < 4.78 is 32.7. The second kappa shape index (κ2) is 6.74. The summed E-state index contributed by atoms with van der Waals surface area (Å²) >= 11 is 0. The SMILES string of the molecule is CC(N)c1ccc(N(C)S(=O)(=O)c2ccccc2)c(-c2ccco2)c1. The minimum Gasteiger partial charge on any atom is -0.464 e. The van der Waals surface area contributed by atoms with Crippen LogP contribution in [-0.2, 0) is 10.0 Å². The van der Waals surface area contributed by atoms with Gasteiger partial charge in [0.25, 0.3) is 10.0 Å². The number of benzene rings is 2. The molecule has 0 aliphatic rings. The van der Waals surface area contributed by atoms with E-state index in [1.165, 1.54) is 11.4 Å². The van der Waals surface area contributed by atoms with Gasteiger partial charge in [-0.15, -0.1) is 0 Å². The monoisotopic (exact) mass is 356 g/mol. The molecule has 3 aromatic rings. The Balaban J connectivity index is 2.13. The predicted octanol–water partition coefficient (Wildman–Crippen LogP) is 3.79. The van der Waals surface area contributed by atoms with E-state index in [0.29, 0.717) is 17.0 Å². The first-order chi connectivity index (χ1) is 11.9. The lowest BCUT2D eigenvalue weighted by atomic mass is 10.0. The van der Waals surface area contributed by atoms with Crippen LogP contribution in [0.4, 0.5) is 5.69 Å². The zero-order chi connectivity index (χ0) is 18.0. The summed E-state index contributed by atoms with van der Waals surface area (Å²) in [5, 5.41) is 0. The molecule has 0 spiro atoms. The summed E-state index contributed by atoms with van der Waals surface area (Å²) in [5.41, 5.74) is 8.09. The molecule has 1 unspecified atom stereocenters. The van der Waals surface area contributed by atoms with E-state index in [0.717, 1.165) is 5.56 Å². The van der Waals surface area contributed by atoms with Gasteiger partial charge in [0.05, 0.1) is 16.8 Å². The number of nitrogens with two attached hydrogens (primary N) is 1. The van der Waals surface area contributed by atoms with Crippen molar-refractivity contribution in [2.45, 2.75) is 17.9 Å². The maximum Gasteiger partial charge on any atom is 0.264 e. The molecule has 0 aliphatic carbocycles. The molecule has 0 amide bonds. The van der Waals surface area contributed by atoms with Gasteiger partial charge in [-0.25, -0.2) is 8.42 Å². The minimum absolute atomic E-state index is 0.168. The Morgan fingerprint density at radius 3 is 2.36 bits per heavy atom. The maximum absolute atomic E-state index is 12.9. The van der Waals surface area contributed by atoms with E-state index >= 15 is 0 Å². The van der Waals surface area contributed by atoms with Gasteiger partial charge in [0, 0.05) is 18.7 Å². The molecule has 1 aromatic heterocycles. The van der Waals surface area contributed by atoms with E-state index < -0.39 is 10.0 Å². The molecular formula is C19H20N2O3S. The van der Waals surface area contributed by atoms with Crippen molar-refractivity contribution in [2.24, 2.45) is 5.73 Å². The Hall–Kier alpha value is -2.57. The number of anilines is 1. The molecule has 0 fully saturated rings. The van der Waals surface area contributed by atoms with Crippen LogP contribution in [0.2, 0.25) is 0 Å². The maximum atomic E-state index is 12.9. The lowest BCUT2D eigenvalue weighted by molar-refractivity contribution is 0.582. The van der Waals surface area contributed by atoms with Gasteiger partial charge in [-0.3, -0.25) is 4.31 Å². The van der Waals surface area contributed by atoms with Gasteiger partial charge in [0.15, 0.2) is 0 Å². The summed E-state index contributed by atoms with van der Waals surface area (Å²) in [6.45, 7) is 1.88. The van der Waals surface area contributed by atoms with E-state index in [-0.39, 0.29) is 10.9 Å². The molecule has 0 radical (unpaired) electrons. The van der Waals surface area contributed by atoms with Crippen molar-refractivity contribution in [3.05, 3.63) is 72.5 Å². The normalized spacial score (nSPS) is 12.8. The van der Waals surface area contributed by atoms with Crippen molar-refractivity contribution < 1.29 is 12.8 Å². The van der Waals surface area contributed by atoms with Gasteiger partial charge in [-0.2, -0.15) is 0 Å². The molecule has 0 saturated heterocycles. The molecule has 0 aliphatic heterocycles. The molecule has 0 bridgehead atoms. The lowest BCUT2D eigenvalue weighted by Gasteiger charge is -2.23. The van der Waals surface area contributed by atoms with E-state index in [9.17, 15) is 8.42 Å². The van der Waals surface area contributed by atoms with Crippen LogP contribution in [0.15, 0.2) is 76.2 Å². The van der Waals surface area contributed by atoms with Gasteiger partial charge in [-0.1, -0.05) is 24.3 Å². The molecule has 130 valence electrons. The van der Waals surface area contributed by atoms with Crippen molar-refractivity contribution in [3.8, 4) is 11.3 Å². The molecule has 0 saturated carbocycles. The summed E-state index contributed by atoms with van der Waals surface area (Å²) in [6, 6.07) is 17.2. The van der Waals surface area contributed by atoms with Crippen molar-refractivity contribution in [3.63, 3.8) is 0 Å². The predicted molar refractivity (Wildman–Crippen MR) is 98.8 cm³/mol. The van der Waals surface area contributed by atoms with Crippen LogP contribution in [0.25, 0.3) is 11.3 Å². The molecule has 1 heterocycles. The van der Waals surface area contributed by atoms with E-state index in [4.69, 9.17) is 10.2 Å². The number of sulfonamides is 1. The van der Waals surface area contributed by atoms with Crippen LogP contribution in [0.5, 0.6) is 0 Å². The molecular weight excluding hydrogens is 336 g/mol.